The van der Waals surface area contributed by atoms with Gasteiger partial charge in [-0.25, -0.2) is 0 Å². The van der Waals surface area contributed by atoms with E-state index < -0.39 is 0 Å². The largest absolute Gasteiger partial charge is 0.349 e. The Hall–Kier alpha value is -0.870. The van der Waals surface area contributed by atoms with Gasteiger partial charge in [-0.15, -0.1) is 0 Å². The lowest BCUT2D eigenvalue weighted by Crippen LogP contribution is -2.57. The van der Waals surface area contributed by atoms with Gasteiger partial charge in [0.25, 0.3) is 5.91 Å². The summed E-state index contributed by atoms with van der Waals surface area (Å²) in [5.41, 5.74) is 0.754. The molecule has 2 fully saturated rings. The molecule has 1 N–H and O–H groups in total. The topological polar surface area (TPSA) is 32.3 Å². The van der Waals surface area contributed by atoms with E-state index in [1.54, 1.807) is 0 Å². The summed E-state index contributed by atoms with van der Waals surface area (Å²) in [6.45, 7) is 3.47. The molecule has 0 aromatic heterocycles. The summed E-state index contributed by atoms with van der Waals surface area (Å²) in [5.74, 6) is 0.0690. The Bertz CT molecular complexity index is 502. The molecular weight excluding hydrogens is 340 g/mol. The number of amides is 1. The van der Waals surface area contributed by atoms with Gasteiger partial charge in [-0.05, 0) is 62.9 Å². The summed E-state index contributed by atoms with van der Waals surface area (Å²) in [6.07, 6.45) is 7.38. The summed E-state index contributed by atoms with van der Waals surface area (Å²) in [6, 6.07) is 9.28. The maximum absolute atomic E-state index is 12.4. The van der Waals surface area contributed by atoms with Crippen LogP contribution in [0.5, 0.6) is 0 Å². The van der Waals surface area contributed by atoms with E-state index in [-0.39, 0.29) is 5.91 Å². The minimum Gasteiger partial charge on any atom is -0.349 e. The van der Waals surface area contributed by atoms with Gasteiger partial charge in [0.2, 0.25) is 0 Å². The van der Waals surface area contributed by atoms with Crippen molar-refractivity contribution >= 4 is 21.8 Å². The number of halogens is 1. The van der Waals surface area contributed by atoms with E-state index >= 15 is 0 Å². The van der Waals surface area contributed by atoms with Crippen molar-refractivity contribution in [2.24, 2.45) is 0 Å². The number of benzene rings is 1. The molecule has 0 aliphatic carbocycles. The molecule has 3 nitrogen and oxygen atoms in total. The molecule has 2 aliphatic rings. The molecule has 0 radical (unpaired) electrons. The van der Waals surface area contributed by atoms with Crippen LogP contribution in [0.3, 0.4) is 0 Å². The molecule has 1 unspecified atom stereocenters. The zero-order valence-electron chi connectivity index (χ0n) is 13.2. The molecule has 22 heavy (non-hydrogen) atoms. The van der Waals surface area contributed by atoms with E-state index in [2.05, 4.69) is 33.1 Å². The van der Waals surface area contributed by atoms with E-state index in [1.165, 1.54) is 32.2 Å². The monoisotopic (exact) mass is 364 g/mol. The van der Waals surface area contributed by atoms with Crippen molar-refractivity contribution in [3.8, 4) is 0 Å². The van der Waals surface area contributed by atoms with Crippen molar-refractivity contribution in [3.63, 3.8) is 0 Å². The summed E-state index contributed by atoms with van der Waals surface area (Å²) in [4.78, 5) is 15.1. The second-order valence-corrected chi connectivity index (χ2v) is 7.54. The SMILES string of the molecule is CCCN1[C@@H]2CCC[C@H]1CC(NC(=O)c1ccc(Br)cc1)C2. The van der Waals surface area contributed by atoms with Crippen LogP contribution in [0.15, 0.2) is 28.7 Å². The Morgan fingerprint density at radius 3 is 2.45 bits per heavy atom. The van der Waals surface area contributed by atoms with Crippen LogP contribution in [0.2, 0.25) is 0 Å². The van der Waals surface area contributed by atoms with Crippen molar-refractivity contribution in [1.82, 2.24) is 10.2 Å². The third-order valence-corrected chi connectivity index (χ3v) is 5.58. The highest BCUT2D eigenvalue weighted by molar-refractivity contribution is 9.10. The normalized spacial score (nSPS) is 28.4. The molecule has 2 bridgehead atoms. The van der Waals surface area contributed by atoms with Gasteiger partial charge in [0.15, 0.2) is 0 Å². The molecule has 2 aliphatic heterocycles. The second-order valence-electron chi connectivity index (χ2n) is 6.63. The first-order valence-electron chi connectivity index (χ1n) is 8.49. The third kappa shape index (κ3) is 3.54. The van der Waals surface area contributed by atoms with Crippen LogP contribution in [0.25, 0.3) is 0 Å². The van der Waals surface area contributed by atoms with Crippen molar-refractivity contribution in [2.45, 2.75) is 63.6 Å². The van der Waals surface area contributed by atoms with Crippen molar-refractivity contribution < 1.29 is 4.79 Å². The lowest BCUT2D eigenvalue weighted by Gasteiger charge is -2.49. The minimum atomic E-state index is 0.0690. The van der Waals surface area contributed by atoms with Gasteiger partial charge in [0.05, 0.1) is 0 Å². The van der Waals surface area contributed by atoms with Crippen molar-refractivity contribution in [1.29, 1.82) is 0 Å². The average Bonchev–Trinajstić information content (AvgIpc) is 2.49. The highest BCUT2D eigenvalue weighted by atomic mass is 79.9. The van der Waals surface area contributed by atoms with Gasteiger partial charge in [-0.1, -0.05) is 29.3 Å². The zero-order valence-corrected chi connectivity index (χ0v) is 14.8. The first-order valence-corrected chi connectivity index (χ1v) is 9.29. The molecule has 1 aromatic rings. The van der Waals surface area contributed by atoms with Crippen LogP contribution in [-0.4, -0.2) is 35.5 Å². The van der Waals surface area contributed by atoms with Gasteiger partial charge in [0, 0.05) is 28.2 Å². The number of hydrogen-bond donors (Lipinski definition) is 1. The van der Waals surface area contributed by atoms with Crippen LogP contribution in [0, 0.1) is 0 Å². The number of fused-ring (bicyclic) bond motifs is 2. The Morgan fingerprint density at radius 2 is 1.86 bits per heavy atom. The van der Waals surface area contributed by atoms with Crippen LogP contribution < -0.4 is 5.32 Å². The zero-order chi connectivity index (χ0) is 15.5. The lowest BCUT2D eigenvalue weighted by molar-refractivity contribution is 0.0245. The molecule has 0 spiro atoms. The van der Waals surface area contributed by atoms with Gasteiger partial charge >= 0.3 is 0 Å². The molecule has 2 heterocycles. The molecule has 1 amide bonds. The van der Waals surface area contributed by atoms with Gasteiger partial charge < -0.3 is 5.32 Å². The van der Waals surface area contributed by atoms with Crippen LogP contribution in [0.4, 0.5) is 0 Å². The fourth-order valence-electron chi connectivity index (χ4n) is 4.09. The first-order chi connectivity index (χ1) is 10.7. The molecule has 0 saturated carbocycles. The molecular formula is C18H25BrN2O. The van der Waals surface area contributed by atoms with Crippen LogP contribution >= 0.6 is 15.9 Å². The van der Waals surface area contributed by atoms with Gasteiger partial charge in [-0.3, -0.25) is 9.69 Å². The number of hydrogen-bond acceptors (Lipinski definition) is 2. The predicted molar refractivity (Wildman–Crippen MR) is 93.1 cm³/mol. The van der Waals surface area contributed by atoms with E-state index in [0.717, 1.165) is 22.9 Å². The van der Waals surface area contributed by atoms with Crippen LogP contribution in [-0.2, 0) is 0 Å². The Kier molecular flexibility index (Phi) is 5.19. The maximum atomic E-state index is 12.4. The highest BCUT2D eigenvalue weighted by Crippen LogP contribution is 2.34. The third-order valence-electron chi connectivity index (χ3n) is 5.05. The predicted octanol–water partition coefficient (Wildman–Crippen LogP) is 3.97. The van der Waals surface area contributed by atoms with Crippen LogP contribution in [0.1, 0.15) is 55.8 Å². The fraction of sp³-hybridized carbons (Fsp3) is 0.611. The fourth-order valence-corrected chi connectivity index (χ4v) is 4.35. The molecule has 2 saturated heterocycles. The van der Waals surface area contributed by atoms with Gasteiger partial charge in [-0.2, -0.15) is 0 Å². The highest BCUT2D eigenvalue weighted by Gasteiger charge is 2.38. The number of nitrogens with zero attached hydrogens (tertiary/aromatic N) is 1. The summed E-state index contributed by atoms with van der Waals surface area (Å²) < 4.78 is 1.01. The Balaban J connectivity index is 1.62. The average molecular weight is 365 g/mol. The van der Waals surface area contributed by atoms with E-state index in [4.69, 9.17) is 0 Å². The van der Waals surface area contributed by atoms with Crippen molar-refractivity contribution in [2.75, 3.05) is 6.54 Å². The Morgan fingerprint density at radius 1 is 1.23 bits per heavy atom. The summed E-state index contributed by atoms with van der Waals surface area (Å²) in [7, 11) is 0. The first kappa shape index (κ1) is 16.0. The standard InChI is InChI=1S/C18H25BrN2O/c1-2-10-21-16-4-3-5-17(21)12-15(11-16)20-18(22)13-6-8-14(19)9-7-13/h6-9,15-17H,2-5,10-12H2,1H3,(H,20,22)/t15?,16-,17+. The molecule has 3 atom stereocenters. The molecule has 120 valence electrons. The van der Waals surface area contributed by atoms with Crippen molar-refractivity contribution in [3.05, 3.63) is 34.3 Å². The second kappa shape index (κ2) is 7.14. The Labute approximate surface area is 141 Å². The number of piperidine rings is 2. The quantitative estimate of drug-likeness (QED) is 0.876. The molecule has 4 heteroatoms. The van der Waals surface area contributed by atoms with Gasteiger partial charge in [0.1, 0.15) is 0 Å². The number of carbonyl (C=O) groups is 1. The lowest BCUT2D eigenvalue weighted by atomic mass is 9.81. The molecule has 3 rings (SSSR count). The minimum absolute atomic E-state index is 0.0690. The maximum Gasteiger partial charge on any atom is 0.251 e. The molecule has 1 aromatic carbocycles. The summed E-state index contributed by atoms with van der Waals surface area (Å²) in [5, 5.41) is 3.26. The smallest absolute Gasteiger partial charge is 0.251 e. The number of rotatable bonds is 4. The van der Waals surface area contributed by atoms with E-state index in [9.17, 15) is 4.79 Å². The number of carbonyl (C=O) groups excluding carboxylic acids is 1. The van der Waals surface area contributed by atoms with E-state index in [0.29, 0.717) is 18.1 Å². The summed E-state index contributed by atoms with van der Waals surface area (Å²) >= 11 is 3.41. The van der Waals surface area contributed by atoms with E-state index in [1.807, 2.05) is 24.3 Å². The number of nitrogens with one attached hydrogen (secondary N) is 1.